The van der Waals surface area contributed by atoms with E-state index >= 15 is 0 Å². The highest BCUT2D eigenvalue weighted by Crippen LogP contribution is 2.19. The summed E-state index contributed by atoms with van der Waals surface area (Å²) in [6.45, 7) is 4.66. The van der Waals surface area contributed by atoms with E-state index in [9.17, 15) is 19.2 Å². The maximum Gasteiger partial charge on any atom is 0.255 e. The summed E-state index contributed by atoms with van der Waals surface area (Å²) in [5.74, 6) is -1.18. The number of hydrogen-bond acceptors (Lipinski definition) is 7. The van der Waals surface area contributed by atoms with Gasteiger partial charge in [0, 0.05) is 39.1 Å². The van der Waals surface area contributed by atoms with Gasteiger partial charge in [-0.15, -0.1) is 0 Å². The van der Waals surface area contributed by atoms with Gasteiger partial charge in [0.25, 0.3) is 5.91 Å². The molecule has 5 rings (SSSR count). The second-order valence-electron chi connectivity index (χ2n) is 11.4. The maximum absolute atomic E-state index is 13.6. The normalized spacial score (nSPS) is 18.7. The molecule has 0 aliphatic carbocycles. The summed E-state index contributed by atoms with van der Waals surface area (Å²) in [5, 5.41) is 8.58. The fraction of sp³-hybridized carbons (Fsp3) is 0.371. The fourth-order valence-corrected chi connectivity index (χ4v) is 5.50. The number of nitrogens with zero attached hydrogens (tertiary/aromatic N) is 2. The highest BCUT2D eigenvalue weighted by atomic mass is 16.5. The molecule has 1 saturated heterocycles. The van der Waals surface area contributed by atoms with Crippen molar-refractivity contribution in [3.05, 3.63) is 101 Å². The molecule has 1 atom stereocenters. The number of carbonyl (C=O) groups is 4. The standard InChI is InChI=1S/C35H41N5O6/c41-32-25-40(24-26-7-2-1-3-8-26)33(42)14-13-30(38-34(43)29-11-4-5-12-31(29)46-18-15-36-32)35(44)37-22-27-9-6-10-28(21-27)23-39-16-19-45-20-17-39/h1-12,21,30H,13-20,22-25H2,(H,36,41)(H,37,44)(H,38,43)/t30-/m0/s1. The summed E-state index contributed by atoms with van der Waals surface area (Å²) in [5.41, 5.74) is 3.20. The lowest BCUT2D eigenvalue weighted by atomic mass is 10.1. The Labute approximate surface area is 269 Å². The lowest BCUT2D eigenvalue weighted by Gasteiger charge is -2.26. The zero-order chi connectivity index (χ0) is 32.1. The molecule has 4 amide bonds. The molecular weight excluding hydrogens is 586 g/mol. The molecule has 242 valence electrons. The van der Waals surface area contributed by atoms with E-state index in [-0.39, 0.29) is 63.0 Å². The summed E-state index contributed by atoms with van der Waals surface area (Å²) in [6.07, 6.45) is -0.00489. The number of fused-ring (bicyclic) bond motifs is 1. The zero-order valence-corrected chi connectivity index (χ0v) is 25.9. The third-order valence-corrected chi connectivity index (χ3v) is 7.95. The Bertz CT molecular complexity index is 1490. The third kappa shape index (κ3) is 9.63. The van der Waals surface area contributed by atoms with Gasteiger partial charge >= 0.3 is 0 Å². The number of amides is 4. The van der Waals surface area contributed by atoms with Crippen LogP contribution < -0.4 is 20.7 Å². The Kier molecular flexibility index (Phi) is 11.7. The van der Waals surface area contributed by atoms with Gasteiger partial charge in [-0.25, -0.2) is 0 Å². The molecule has 3 aromatic carbocycles. The highest BCUT2D eigenvalue weighted by Gasteiger charge is 2.26. The van der Waals surface area contributed by atoms with Gasteiger partial charge in [-0.2, -0.15) is 0 Å². The van der Waals surface area contributed by atoms with E-state index in [1.807, 2.05) is 42.5 Å². The van der Waals surface area contributed by atoms with E-state index < -0.39 is 17.9 Å². The van der Waals surface area contributed by atoms with Crippen molar-refractivity contribution in [3.63, 3.8) is 0 Å². The Morgan fingerprint density at radius 2 is 1.59 bits per heavy atom. The lowest BCUT2D eigenvalue weighted by molar-refractivity contribution is -0.137. The number of benzene rings is 3. The van der Waals surface area contributed by atoms with Crippen molar-refractivity contribution in [2.45, 2.75) is 38.5 Å². The molecule has 3 aromatic rings. The maximum atomic E-state index is 13.6. The number of ether oxygens (including phenoxy) is 2. The molecule has 0 radical (unpaired) electrons. The average Bonchev–Trinajstić information content (AvgIpc) is 3.08. The van der Waals surface area contributed by atoms with Crippen molar-refractivity contribution >= 4 is 23.6 Å². The molecule has 0 bridgehead atoms. The van der Waals surface area contributed by atoms with E-state index in [4.69, 9.17) is 9.47 Å². The van der Waals surface area contributed by atoms with Gasteiger partial charge in [-0.1, -0.05) is 66.7 Å². The molecule has 0 unspecified atom stereocenters. The number of carbonyl (C=O) groups excluding carboxylic acids is 4. The minimum absolute atomic E-state index is 0.0450. The van der Waals surface area contributed by atoms with Crippen molar-refractivity contribution in [2.75, 3.05) is 46.0 Å². The van der Waals surface area contributed by atoms with Gasteiger partial charge in [-0.3, -0.25) is 24.1 Å². The topological polar surface area (TPSA) is 129 Å². The fourth-order valence-electron chi connectivity index (χ4n) is 5.50. The van der Waals surface area contributed by atoms with Gasteiger partial charge in [0.1, 0.15) is 18.4 Å². The molecule has 1 fully saturated rings. The summed E-state index contributed by atoms with van der Waals surface area (Å²) in [6, 6.07) is 23.2. The van der Waals surface area contributed by atoms with Gasteiger partial charge in [0.2, 0.25) is 17.7 Å². The van der Waals surface area contributed by atoms with Crippen LogP contribution in [0.4, 0.5) is 0 Å². The first-order valence-electron chi connectivity index (χ1n) is 15.7. The number of rotatable bonds is 7. The minimum Gasteiger partial charge on any atom is -0.491 e. The number of morpholine rings is 1. The van der Waals surface area contributed by atoms with Crippen LogP contribution in [0.2, 0.25) is 0 Å². The van der Waals surface area contributed by atoms with Crippen LogP contribution in [0.25, 0.3) is 0 Å². The first-order chi connectivity index (χ1) is 22.4. The second kappa shape index (κ2) is 16.5. The Morgan fingerprint density at radius 1 is 0.848 bits per heavy atom. The molecule has 2 heterocycles. The Hall–Kier alpha value is -4.74. The van der Waals surface area contributed by atoms with Crippen LogP contribution in [0.3, 0.4) is 0 Å². The molecule has 3 N–H and O–H groups in total. The first-order valence-corrected chi connectivity index (χ1v) is 15.7. The summed E-state index contributed by atoms with van der Waals surface area (Å²) < 4.78 is 11.3. The van der Waals surface area contributed by atoms with Crippen molar-refractivity contribution in [1.29, 1.82) is 0 Å². The average molecular weight is 628 g/mol. The smallest absolute Gasteiger partial charge is 0.255 e. The molecule has 46 heavy (non-hydrogen) atoms. The van der Waals surface area contributed by atoms with Crippen LogP contribution in [-0.2, 0) is 38.8 Å². The molecule has 0 aromatic heterocycles. The van der Waals surface area contributed by atoms with Crippen LogP contribution in [0, 0.1) is 0 Å². The van der Waals surface area contributed by atoms with E-state index in [0.717, 1.165) is 49.5 Å². The lowest BCUT2D eigenvalue weighted by Crippen LogP contribution is -2.47. The van der Waals surface area contributed by atoms with Gasteiger partial charge in [-0.05, 0) is 35.2 Å². The second-order valence-corrected chi connectivity index (χ2v) is 11.4. The largest absolute Gasteiger partial charge is 0.491 e. The SMILES string of the molecule is O=C1CN(Cc2ccccc2)C(=O)CC[C@@H](C(=O)NCc2cccc(CN3CCOCC3)c2)NC(=O)c2ccccc2OCCN1. The molecule has 0 spiro atoms. The van der Waals surface area contributed by atoms with E-state index in [1.165, 1.54) is 4.90 Å². The Balaban J connectivity index is 1.31. The molecule has 2 aliphatic heterocycles. The van der Waals surface area contributed by atoms with Gasteiger partial charge in [0.15, 0.2) is 0 Å². The molecule has 0 saturated carbocycles. The summed E-state index contributed by atoms with van der Waals surface area (Å²) >= 11 is 0. The summed E-state index contributed by atoms with van der Waals surface area (Å²) in [7, 11) is 0. The monoisotopic (exact) mass is 627 g/mol. The van der Waals surface area contributed by atoms with Crippen molar-refractivity contribution in [1.82, 2.24) is 25.8 Å². The van der Waals surface area contributed by atoms with Crippen LogP contribution in [0.5, 0.6) is 5.75 Å². The van der Waals surface area contributed by atoms with Crippen LogP contribution in [0.1, 0.15) is 39.9 Å². The number of hydrogen-bond donors (Lipinski definition) is 3. The third-order valence-electron chi connectivity index (χ3n) is 7.95. The number of nitrogens with one attached hydrogen (secondary N) is 3. The first kappa shape index (κ1) is 32.6. The van der Waals surface area contributed by atoms with E-state index in [2.05, 4.69) is 33.0 Å². The molecule has 2 aliphatic rings. The zero-order valence-electron chi connectivity index (χ0n) is 25.9. The van der Waals surface area contributed by atoms with Crippen LogP contribution >= 0.6 is 0 Å². The number of para-hydroxylation sites is 1. The predicted molar refractivity (Wildman–Crippen MR) is 172 cm³/mol. The predicted octanol–water partition coefficient (Wildman–Crippen LogP) is 2.25. The van der Waals surface area contributed by atoms with E-state index in [1.54, 1.807) is 24.3 Å². The minimum atomic E-state index is -1.00. The Morgan fingerprint density at radius 3 is 2.41 bits per heavy atom. The van der Waals surface area contributed by atoms with Crippen molar-refractivity contribution < 1.29 is 28.7 Å². The van der Waals surface area contributed by atoms with Gasteiger partial charge < -0.3 is 30.3 Å². The van der Waals surface area contributed by atoms with E-state index in [0.29, 0.717) is 5.75 Å². The quantitative estimate of drug-likeness (QED) is 0.367. The van der Waals surface area contributed by atoms with Crippen LogP contribution in [-0.4, -0.2) is 85.5 Å². The molecule has 11 nitrogen and oxygen atoms in total. The summed E-state index contributed by atoms with van der Waals surface area (Å²) in [4.78, 5) is 57.1. The van der Waals surface area contributed by atoms with Gasteiger partial charge in [0.05, 0.1) is 31.9 Å². The van der Waals surface area contributed by atoms with Crippen molar-refractivity contribution in [2.24, 2.45) is 0 Å². The van der Waals surface area contributed by atoms with Crippen molar-refractivity contribution in [3.8, 4) is 5.75 Å². The van der Waals surface area contributed by atoms with Crippen LogP contribution in [0.15, 0.2) is 78.9 Å². The molecular formula is C35H41N5O6. The highest BCUT2D eigenvalue weighted by molar-refractivity contribution is 5.99. The molecule has 11 heteroatoms.